The summed E-state index contributed by atoms with van der Waals surface area (Å²) in [6, 6.07) is 13.3. The smallest absolute Gasteiger partial charge is 0.267 e. The number of nitrogens with zero attached hydrogens (tertiary/aromatic N) is 1. The van der Waals surface area contributed by atoms with E-state index < -0.39 is 5.91 Å². The number of benzene rings is 2. The normalized spacial score (nSPS) is 12.4. The van der Waals surface area contributed by atoms with Gasteiger partial charge in [0.25, 0.3) is 5.91 Å². The third kappa shape index (κ3) is 3.23. The number of fused-ring (bicyclic) bond motifs is 1. The van der Waals surface area contributed by atoms with Gasteiger partial charge in [0.2, 0.25) is 6.79 Å². The molecule has 0 atom stereocenters. The van der Waals surface area contributed by atoms with Gasteiger partial charge in [0.05, 0.1) is 5.69 Å². The first-order chi connectivity index (χ1) is 11.7. The Hall–Kier alpha value is -3.66. The number of ether oxygens (including phenoxy) is 2. The molecule has 7 nitrogen and oxygen atoms in total. The first kappa shape index (κ1) is 15.2. The topological polar surface area (TPSA) is 104 Å². The molecule has 0 saturated carbocycles. The van der Waals surface area contributed by atoms with Crippen LogP contribution in [0, 0.1) is 11.3 Å². The molecule has 2 aromatic rings. The molecular formula is C17H13N3O4. The van der Waals surface area contributed by atoms with E-state index in [1.807, 2.05) is 6.07 Å². The molecule has 3 rings (SSSR count). The molecule has 0 radical (unpaired) electrons. The number of hydrogen-bond acceptors (Lipinski definition) is 6. The van der Waals surface area contributed by atoms with Crippen LogP contribution >= 0.6 is 0 Å². The van der Waals surface area contributed by atoms with Crippen LogP contribution in [0.1, 0.15) is 0 Å². The highest BCUT2D eigenvalue weighted by Crippen LogP contribution is 2.34. The monoisotopic (exact) mass is 323 g/mol. The Balaban J connectivity index is 1.71. The molecule has 0 bridgehead atoms. The molecule has 120 valence electrons. The van der Waals surface area contributed by atoms with E-state index in [-0.39, 0.29) is 23.8 Å². The van der Waals surface area contributed by atoms with Gasteiger partial charge >= 0.3 is 0 Å². The third-order valence-corrected chi connectivity index (χ3v) is 3.27. The molecule has 1 heterocycles. The zero-order valence-corrected chi connectivity index (χ0v) is 12.4. The minimum atomic E-state index is -0.632. The van der Waals surface area contributed by atoms with E-state index in [9.17, 15) is 9.90 Å². The van der Waals surface area contributed by atoms with Crippen LogP contribution in [0.15, 0.2) is 54.2 Å². The lowest BCUT2D eigenvalue weighted by Crippen LogP contribution is -2.14. The van der Waals surface area contributed by atoms with Gasteiger partial charge in [-0.15, -0.1) is 0 Å². The number of aromatic hydroxyl groups is 1. The molecule has 1 aliphatic rings. The van der Waals surface area contributed by atoms with E-state index in [1.54, 1.807) is 30.3 Å². The molecule has 1 amide bonds. The molecular weight excluding hydrogens is 310 g/mol. The van der Waals surface area contributed by atoms with Gasteiger partial charge in [0.15, 0.2) is 11.5 Å². The molecule has 0 unspecified atom stereocenters. The van der Waals surface area contributed by atoms with Crippen molar-refractivity contribution in [3.8, 4) is 23.3 Å². The van der Waals surface area contributed by atoms with E-state index in [2.05, 4.69) is 10.6 Å². The van der Waals surface area contributed by atoms with Crippen molar-refractivity contribution in [2.24, 2.45) is 0 Å². The van der Waals surface area contributed by atoms with Crippen molar-refractivity contribution in [2.45, 2.75) is 0 Å². The average molecular weight is 323 g/mol. The van der Waals surface area contributed by atoms with E-state index in [0.717, 1.165) is 0 Å². The van der Waals surface area contributed by atoms with Gasteiger partial charge in [0.1, 0.15) is 17.4 Å². The standard InChI is InChI=1S/C17H13N3O4/c18-8-11(17(22)20-13-3-1-2-4-14(13)21)9-19-12-5-6-15-16(7-12)24-10-23-15/h1-7,9,19,21H,10H2,(H,20,22)/b11-9-. The van der Waals surface area contributed by atoms with Crippen molar-refractivity contribution in [1.29, 1.82) is 5.26 Å². The van der Waals surface area contributed by atoms with E-state index in [1.165, 1.54) is 18.3 Å². The molecule has 0 spiro atoms. The minimum absolute atomic E-state index is 0.0770. The number of amides is 1. The summed E-state index contributed by atoms with van der Waals surface area (Å²) in [7, 11) is 0. The van der Waals surface area contributed by atoms with Crippen LogP contribution in [0.4, 0.5) is 11.4 Å². The van der Waals surface area contributed by atoms with Crippen LogP contribution in [0.25, 0.3) is 0 Å². The second-order valence-electron chi connectivity index (χ2n) is 4.85. The van der Waals surface area contributed by atoms with E-state index in [0.29, 0.717) is 17.2 Å². The van der Waals surface area contributed by atoms with Crippen LogP contribution in [0.5, 0.6) is 17.2 Å². The zero-order valence-electron chi connectivity index (χ0n) is 12.4. The van der Waals surface area contributed by atoms with Gasteiger partial charge in [-0.3, -0.25) is 4.79 Å². The number of carbonyl (C=O) groups is 1. The fourth-order valence-electron chi connectivity index (χ4n) is 2.06. The summed E-state index contributed by atoms with van der Waals surface area (Å²) in [6.45, 7) is 0.168. The molecule has 0 fully saturated rings. The van der Waals surface area contributed by atoms with Gasteiger partial charge in [0, 0.05) is 18.0 Å². The largest absolute Gasteiger partial charge is 0.506 e. The van der Waals surface area contributed by atoms with Gasteiger partial charge in [-0.05, 0) is 24.3 Å². The lowest BCUT2D eigenvalue weighted by Gasteiger charge is -2.07. The van der Waals surface area contributed by atoms with Crippen LogP contribution < -0.4 is 20.1 Å². The van der Waals surface area contributed by atoms with E-state index >= 15 is 0 Å². The Morgan fingerprint density at radius 1 is 1.21 bits per heavy atom. The Bertz CT molecular complexity index is 855. The first-order valence-corrected chi connectivity index (χ1v) is 7.03. The molecule has 24 heavy (non-hydrogen) atoms. The van der Waals surface area contributed by atoms with Crippen molar-refractivity contribution in [3.63, 3.8) is 0 Å². The Labute approximate surface area is 137 Å². The maximum atomic E-state index is 12.1. The molecule has 0 saturated heterocycles. The quantitative estimate of drug-likeness (QED) is 0.454. The number of carbonyl (C=O) groups excluding carboxylic acids is 1. The number of para-hydroxylation sites is 2. The van der Waals surface area contributed by atoms with Crippen molar-refractivity contribution in [2.75, 3.05) is 17.4 Å². The molecule has 2 aromatic carbocycles. The fourth-order valence-corrected chi connectivity index (χ4v) is 2.06. The van der Waals surface area contributed by atoms with Crippen LogP contribution in [0.3, 0.4) is 0 Å². The molecule has 0 aliphatic carbocycles. The molecule has 7 heteroatoms. The van der Waals surface area contributed by atoms with E-state index in [4.69, 9.17) is 14.7 Å². The van der Waals surface area contributed by atoms with Gasteiger partial charge < -0.3 is 25.2 Å². The molecule has 3 N–H and O–H groups in total. The van der Waals surface area contributed by atoms with Gasteiger partial charge in [-0.25, -0.2) is 0 Å². The third-order valence-electron chi connectivity index (χ3n) is 3.27. The lowest BCUT2D eigenvalue weighted by atomic mass is 10.2. The zero-order chi connectivity index (χ0) is 16.9. The lowest BCUT2D eigenvalue weighted by molar-refractivity contribution is -0.112. The van der Waals surface area contributed by atoms with Crippen molar-refractivity contribution in [3.05, 3.63) is 54.2 Å². The van der Waals surface area contributed by atoms with Gasteiger partial charge in [-0.1, -0.05) is 12.1 Å². The number of anilines is 2. The fraction of sp³-hybridized carbons (Fsp3) is 0.0588. The second kappa shape index (κ2) is 6.62. The number of phenolic OH excluding ortho intramolecular Hbond substituents is 1. The Kier molecular flexibility index (Phi) is 4.21. The summed E-state index contributed by atoms with van der Waals surface area (Å²) in [5.74, 6) is 0.520. The van der Waals surface area contributed by atoms with Crippen LogP contribution in [-0.4, -0.2) is 17.8 Å². The summed E-state index contributed by atoms with van der Waals surface area (Å²) < 4.78 is 10.5. The summed E-state index contributed by atoms with van der Waals surface area (Å²) in [4.78, 5) is 12.1. The summed E-state index contributed by atoms with van der Waals surface area (Å²) in [6.07, 6.45) is 1.28. The summed E-state index contributed by atoms with van der Waals surface area (Å²) in [5, 5.41) is 24.1. The van der Waals surface area contributed by atoms with Crippen LogP contribution in [0.2, 0.25) is 0 Å². The predicted octanol–water partition coefficient (Wildman–Crippen LogP) is 2.58. The average Bonchev–Trinajstić information content (AvgIpc) is 3.05. The second-order valence-corrected chi connectivity index (χ2v) is 4.85. The van der Waals surface area contributed by atoms with Crippen LogP contribution in [-0.2, 0) is 4.79 Å². The maximum Gasteiger partial charge on any atom is 0.267 e. The minimum Gasteiger partial charge on any atom is -0.506 e. The number of rotatable bonds is 4. The highest BCUT2D eigenvalue weighted by molar-refractivity contribution is 6.07. The summed E-state index contributed by atoms with van der Waals surface area (Å²) in [5.41, 5.74) is 0.727. The van der Waals surface area contributed by atoms with Crippen molar-refractivity contribution < 1.29 is 19.4 Å². The Morgan fingerprint density at radius 3 is 2.79 bits per heavy atom. The number of hydrogen-bond donors (Lipinski definition) is 3. The highest BCUT2D eigenvalue weighted by atomic mass is 16.7. The maximum absolute atomic E-state index is 12.1. The highest BCUT2D eigenvalue weighted by Gasteiger charge is 2.14. The van der Waals surface area contributed by atoms with Crippen molar-refractivity contribution in [1.82, 2.24) is 0 Å². The Morgan fingerprint density at radius 2 is 2.00 bits per heavy atom. The number of nitrogens with one attached hydrogen (secondary N) is 2. The summed E-state index contributed by atoms with van der Waals surface area (Å²) >= 11 is 0. The van der Waals surface area contributed by atoms with Gasteiger partial charge in [-0.2, -0.15) is 5.26 Å². The number of nitriles is 1. The SMILES string of the molecule is N#C/C(=C/Nc1ccc2c(c1)OCO2)C(=O)Nc1ccccc1O. The van der Waals surface area contributed by atoms with Crippen molar-refractivity contribution >= 4 is 17.3 Å². The first-order valence-electron chi connectivity index (χ1n) is 7.03. The predicted molar refractivity (Wildman–Crippen MR) is 86.6 cm³/mol. The molecule has 0 aromatic heterocycles. The number of phenols is 1. The molecule has 1 aliphatic heterocycles.